The molecule has 1 atom stereocenters. The fourth-order valence-corrected chi connectivity index (χ4v) is 1.21. The Morgan fingerprint density at radius 2 is 2.00 bits per heavy atom. The van der Waals surface area contributed by atoms with Gasteiger partial charge in [0.15, 0.2) is 6.04 Å². The van der Waals surface area contributed by atoms with E-state index in [1.807, 2.05) is 20.8 Å². The highest BCUT2D eigenvalue weighted by molar-refractivity contribution is 5.71. The number of hydrogen-bond acceptors (Lipinski definition) is 3. The molecule has 0 amide bonds. The van der Waals surface area contributed by atoms with Crippen molar-refractivity contribution in [3.63, 3.8) is 0 Å². The number of carboxylic acid groups (broad SMARTS) is 1. The van der Waals surface area contributed by atoms with Gasteiger partial charge >= 0.3 is 5.97 Å². The van der Waals surface area contributed by atoms with Crippen LogP contribution >= 0.6 is 0 Å². The van der Waals surface area contributed by atoms with Crippen LogP contribution in [0.25, 0.3) is 0 Å². The Morgan fingerprint density at radius 3 is 2.44 bits per heavy atom. The van der Waals surface area contributed by atoms with Crippen LogP contribution < -0.4 is 5.56 Å². The molecule has 0 fully saturated rings. The Balaban J connectivity index is 3.30. The van der Waals surface area contributed by atoms with Crippen molar-refractivity contribution in [3.8, 4) is 0 Å². The smallest absolute Gasteiger partial charge is 0.328 e. The van der Waals surface area contributed by atoms with Gasteiger partial charge in [-0.15, -0.1) is 0 Å². The van der Waals surface area contributed by atoms with Gasteiger partial charge in [-0.25, -0.2) is 9.48 Å². The quantitative estimate of drug-likeness (QED) is 0.818. The molecule has 0 aliphatic heterocycles. The molecule has 0 saturated carbocycles. The Kier molecular flexibility index (Phi) is 3.16. The topological polar surface area (TPSA) is 72.2 Å². The third-order valence-electron chi connectivity index (χ3n) is 2.32. The fraction of sp³-hybridized carbons (Fsp3) is 0.545. The third-order valence-corrected chi connectivity index (χ3v) is 2.32. The number of nitrogens with zero attached hydrogens (tertiary/aromatic N) is 2. The van der Waals surface area contributed by atoms with E-state index in [-0.39, 0.29) is 5.41 Å². The summed E-state index contributed by atoms with van der Waals surface area (Å²) in [5.41, 5.74) is 0.0799. The predicted molar refractivity (Wildman–Crippen MR) is 59.5 cm³/mol. The van der Waals surface area contributed by atoms with E-state index in [0.717, 1.165) is 4.68 Å². The van der Waals surface area contributed by atoms with Crippen LogP contribution in [0.2, 0.25) is 0 Å². The summed E-state index contributed by atoms with van der Waals surface area (Å²) in [6, 6.07) is 2.04. The van der Waals surface area contributed by atoms with Gasteiger partial charge < -0.3 is 5.11 Å². The second-order valence-electron chi connectivity index (χ2n) is 4.77. The van der Waals surface area contributed by atoms with Gasteiger partial charge in [0.1, 0.15) is 0 Å². The zero-order valence-corrected chi connectivity index (χ0v) is 9.89. The Morgan fingerprint density at radius 1 is 1.44 bits per heavy atom. The number of carbonyl (C=O) groups is 1. The van der Waals surface area contributed by atoms with Crippen LogP contribution in [0.4, 0.5) is 0 Å². The molecule has 0 aromatic carbocycles. The first-order chi connectivity index (χ1) is 7.23. The van der Waals surface area contributed by atoms with Gasteiger partial charge in [0, 0.05) is 11.5 Å². The van der Waals surface area contributed by atoms with Crippen LogP contribution in [-0.4, -0.2) is 20.9 Å². The molecule has 1 N–H and O–H groups in total. The molecule has 88 valence electrons. The van der Waals surface area contributed by atoms with Gasteiger partial charge in [0.25, 0.3) is 5.56 Å². The lowest BCUT2D eigenvalue weighted by molar-refractivity contribution is -0.140. The minimum absolute atomic E-state index is 0.215. The molecule has 0 unspecified atom stereocenters. The maximum absolute atomic E-state index is 11.5. The van der Waals surface area contributed by atoms with Gasteiger partial charge in [-0.2, -0.15) is 5.10 Å². The van der Waals surface area contributed by atoms with Crippen molar-refractivity contribution in [3.05, 3.63) is 28.2 Å². The van der Waals surface area contributed by atoms with Crippen LogP contribution in [0.1, 0.15) is 39.4 Å². The van der Waals surface area contributed by atoms with Gasteiger partial charge in [0.05, 0.1) is 5.69 Å². The number of hydrogen-bond donors (Lipinski definition) is 1. The zero-order chi connectivity index (χ0) is 12.5. The summed E-state index contributed by atoms with van der Waals surface area (Å²) in [5.74, 6) is -1.07. The molecule has 0 radical (unpaired) electrons. The summed E-state index contributed by atoms with van der Waals surface area (Å²) in [4.78, 5) is 22.3. The lowest BCUT2D eigenvalue weighted by Crippen LogP contribution is -2.32. The van der Waals surface area contributed by atoms with Crippen LogP contribution in [0.15, 0.2) is 16.9 Å². The summed E-state index contributed by atoms with van der Waals surface area (Å²) < 4.78 is 1.00. The second kappa shape index (κ2) is 4.08. The summed E-state index contributed by atoms with van der Waals surface area (Å²) >= 11 is 0. The lowest BCUT2D eigenvalue weighted by Gasteiger charge is -2.19. The van der Waals surface area contributed by atoms with Crippen molar-refractivity contribution in [2.24, 2.45) is 0 Å². The molecule has 0 spiro atoms. The molecule has 16 heavy (non-hydrogen) atoms. The van der Waals surface area contributed by atoms with Gasteiger partial charge in [-0.3, -0.25) is 4.79 Å². The second-order valence-corrected chi connectivity index (χ2v) is 4.77. The number of carboxylic acids is 1. The number of rotatable bonds is 2. The van der Waals surface area contributed by atoms with Crippen LogP contribution in [0, 0.1) is 0 Å². The molecule has 0 saturated heterocycles. The fourth-order valence-electron chi connectivity index (χ4n) is 1.21. The highest BCUT2D eigenvalue weighted by atomic mass is 16.4. The molecule has 0 aliphatic carbocycles. The normalized spacial score (nSPS) is 13.5. The van der Waals surface area contributed by atoms with E-state index in [1.165, 1.54) is 13.0 Å². The molecule has 5 heteroatoms. The lowest BCUT2D eigenvalue weighted by atomic mass is 9.92. The molecule has 0 bridgehead atoms. The standard InChI is InChI=1S/C11H16N2O3/c1-7(10(15)16)13-9(14)6-5-8(12-13)11(2,3)4/h5-7H,1-4H3,(H,15,16)/t7-/m0/s1. The summed E-state index contributed by atoms with van der Waals surface area (Å²) in [7, 11) is 0. The van der Waals surface area contributed by atoms with Crippen LogP contribution in [-0.2, 0) is 10.2 Å². The minimum atomic E-state index is -1.07. The van der Waals surface area contributed by atoms with Crippen molar-refractivity contribution in [1.82, 2.24) is 9.78 Å². The third kappa shape index (κ3) is 2.48. The van der Waals surface area contributed by atoms with Crippen LogP contribution in [0.5, 0.6) is 0 Å². The maximum Gasteiger partial charge on any atom is 0.328 e. The molecule has 1 aromatic heterocycles. The first-order valence-electron chi connectivity index (χ1n) is 5.06. The largest absolute Gasteiger partial charge is 0.480 e. The predicted octanol–water partition coefficient (Wildman–Crippen LogP) is 1.19. The van der Waals surface area contributed by atoms with Gasteiger partial charge in [-0.1, -0.05) is 20.8 Å². The molecule has 5 nitrogen and oxygen atoms in total. The number of aliphatic carboxylic acids is 1. The Bertz CT molecular complexity index is 457. The van der Waals surface area contributed by atoms with Crippen LogP contribution in [0.3, 0.4) is 0 Å². The molecule has 0 aliphatic rings. The summed E-state index contributed by atoms with van der Waals surface area (Å²) in [5, 5.41) is 12.9. The van der Waals surface area contributed by atoms with Crippen molar-refractivity contribution in [1.29, 1.82) is 0 Å². The van der Waals surface area contributed by atoms with E-state index in [4.69, 9.17) is 5.11 Å². The zero-order valence-electron chi connectivity index (χ0n) is 9.89. The number of aromatic nitrogens is 2. The van der Waals surface area contributed by atoms with E-state index >= 15 is 0 Å². The van der Waals surface area contributed by atoms with E-state index in [2.05, 4.69) is 5.10 Å². The minimum Gasteiger partial charge on any atom is -0.480 e. The van der Waals surface area contributed by atoms with Gasteiger partial charge in [0.2, 0.25) is 0 Å². The van der Waals surface area contributed by atoms with E-state index in [1.54, 1.807) is 6.07 Å². The highest BCUT2D eigenvalue weighted by Crippen LogP contribution is 2.18. The van der Waals surface area contributed by atoms with E-state index in [9.17, 15) is 9.59 Å². The molecule has 1 heterocycles. The average molecular weight is 224 g/mol. The SMILES string of the molecule is C[C@@H](C(=O)O)n1nc(C(C)(C)C)ccc1=O. The summed E-state index contributed by atoms with van der Waals surface area (Å²) in [6.45, 7) is 7.30. The van der Waals surface area contributed by atoms with Crippen molar-refractivity contribution in [2.45, 2.75) is 39.2 Å². The molecular weight excluding hydrogens is 208 g/mol. The molecule has 1 aromatic rings. The van der Waals surface area contributed by atoms with Crippen molar-refractivity contribution < 1.29 is 9.90 Å². The highest BCUT2D eigenvalue weighted by Gasteiger charge is 2.20. The Labute approximate surface area is 93.7 Å². The summed E-state index contributed by atoms with van der Waals surface area (Å²) in [6.07, 6.45) is 0. The molecule has 1 rings (SSSR count). The monoisotopic (exact) mass is 224 g/mol. The maximum atomic E-state index is 11.5. The van der Waals surface area contributed by atoms with Crippen molar-refractivity contribution in [2.75, 3.05) is 0 Å². The Hall–Kier alpha value is -1.65. The van der Waals surface area contributed by atoms with Gasteiger partial charge in [-0.05, 0) is 13.0 Å². The van der Waals surface area contributed by atoms with E-state index < -0.39 is 17.6 Å². The van der Waals surface area contributed by atoms with E-state index in [0.29, 0.717) is 5.69 Å². The molecular formula is C11H16N2O3. The van der Waals surface area contributed by atoms with Crippen molar-refractivity contribution >= 4 is 5.97 Å². The first-order valence-corrected chi connectivity index (χ1v) is 5.06. The first kappa shape index (κ1) is 12.4. The average Bonchev–Trinajstić information content (AvgIpc) is 2.15.